The smallest absolute Gasteiger partial charge is 0.350 e. The highest BCUT2D eigenvalue weighted by Gasteiger charge is 2.15. The van der Waals surface area contributed by atoms with Crippen LogP contribution in [0.4, 0.5) is 14.9 Å². The molecule has 0 bridgehead atoms. The van der Waals surface area contributed by atoms with Gasteiger partial charge in [0.1, 0.15) is 10.7 Å². The molecule has 0 atom stereocenters. The van der Waals surface area contributed by atoms with Crippen molar-refractivity contribution in [2.24, 2.45) is 0 Å². The molecule has 5 nitrogen and oxygen atoms in total. The maximum atomic E-state index is 12.7. The number of thiophene rings is 1. The molecule has 1 aromatic heterocycles. The SMILES string of the molecule is COC(=O)c1sccc1NC(=O)NCc1ccc(F)cc1. The number of anilines is 1. The topological polar surface area (TPSA) is 67.4 Å². The number of benzene rings is 1. The molecule has 0 aliphatic carbocycles. The number of hydrogen-bond donors (Lipinski definition) is 2. The molecule has 0 aliphatic heterocycles. The number of methoxy groups -OCH3 is 1. The Kier molecular flexibility index (Phi) is 4.89. The highest BCUT2D eigenvalue weighted by Crippen LogP contribution is 2.22. The van der Waals surface area contributed by atoms with E-state index in [2.05, 4.69) is 15.4 Å². The van der Waals surface area contributed by atoms with Crippen LogP contribution in [0.15, 0.2) is 35.7 Å². The zero-order valence-corrected chi connectivity index (χ0v) is 12.0. The summed E-state index contributed by atoms with van der Waals surface area (Å²) in [6.45, 7) is 0.254. The van der Waals surface area contributed by atoms with Crippen LogP contribution < -0.4 is 10.6 Å². The molecular formula is C14H13FN2O3S. The molecule has 0 spiro atoms. The molecule has 2 amide bonds. The van der Waals surface area contributed by atoms with Gasteiger partial charge in [-0.2, -0.15) is 0 Å². The second kappa shape index (κ2) is 6.85. The molecule has 2 N–H and O–H groups in total. The van der Waals surface area contributed by atoms with E-state index in [0.29, 0.717) is 10.6 Å². The van der Waals surface area contributed by atoms with E-state index < -0.39 is 12.0 Å². The number of esters is 1. The molecule has 21 heavy (non-hydrogen) atoms. The summed E-state index contributed by atoms with van der Waals surface area (Å²) >= 11 is 1.18. The average molecular weight is 308 g/mol. The maximum Gasteiger partial charge on any atom is 0.350 e. The number of rotatable bonds is 4. The molecule has 2 aromatic rings. The molecule has 0 aliphatic rings. The van der Waals surface area contributed by atoms with E-state index in [-0.39, 0.29) is 12.4 Å². The van der Waals surface area contributed by atoms with Crippen molar-refractivity contribution in [3.05, 3.63) is 52.0 Å². The molecule has 0 fully saturated rings. The number of ether oxygens (including phenoxy) is 1. The van der Waals surface area contributed by atoms with Crippen LogP contribution in [-0.4, -0.2) is 19.1 Å². The van der Waals surface area contributed by atoms with Gasteiger partial charge in [0, 0.05) is 6.54 Å². The quantitative estimate of drug-likeness (QED) is 0.853. The second-order valence-electron chi connectivity index (χ2n) is 4.09. The van der Waals surface area contributed by atoms with Crippen LogP contribution in [0.3, 0.4) is 0 Å². The Morgan fingerprint density at radius 1 is 1.24 bits per heavy atom. The van der Waals surface area contributed by atoms with E-state index in [4.69, 9.17) is 0 Å². The van der Waals surface area contributed by atoms with Gasteiger partial charge >= 0.3 is 12.0 Å². The van der Waals surface area contributed by atoms with Crippen molar-refractivity contribution in [3.63, 3.8) is 0 Å². The van der Waals surface area contributed by atoms with Crippen molar-refractivity contribution >= 4 is 29.0 Å². The molecule has 0 radical (unpaired) electrons. The third-order valence-corrected chi connectivity index (χ3v) is 3.54. The Bertz CT molecular complexity index is 640. The van der Waals surface area contributed by atoms with Crippen LogP contribution in [0.2, 0.25) is 0 Å². The van der Waals surface area contributed by atoms with Gasteiger partial charge in [0.2, 0.25) is 0 Å². The first-order valence-electron chi connectivity index (χ1n) is 6.05. The van der Waals surface area contributed by atoms with Crippen molar-refractivity contribution in [2.45, 2.75) is 6.54 Å². The first kappa shape index (κ1) is 15.0. The van der Waals surface area contributed by atoms with Gasteiger partial charge in [0.25, 0.3) is 0 Å². The number of carbonyl (C=O) groups excluding carboxylic acids is 2. The van der Waals surface area contributed by atoms with Gasteiger partial charge in [-0.15, -0.1) is 11.3 Å². The summed E-state index contributed by atoms with van der Waals surface area (Å²) in [6.07, 6.45) is 0. The number of carbonyl (C=O) groups is 2. The Hall–Kier alpha value is -2.41. The van der Waals surface area contributed by atoms with Gasteiger partial charge in [-0.25, -0.2) is 14.0 Å². The van der Waals surface area contributed by atoms with Crippen molar-refractivity contribution in [3.8, 4) is 0 Å². The predicted octanol–water partition coefficient (Wildman–Crippen LogP) is 3.00. The summed E-state index contributed by atoms with van der Waals surface area (Å²) in [6, 6.07) is 6.98. The Morgan fingerprint density at radius 3 is 2.62 bits per heavy atom. The summed E-state index contributed by atoms with van der Waals surface area (Å²) < 4.78 is 17.4. The molecule has 1 heterocycles. The molecule has 0 unspecified atom stereocenters. The first-order chi connectivity index (χ1) is 10.1. The minimum absolute atomic E-state index is 0.254. The van der Waals surface area contributed by atoms with Gasteiger partial charge in [-0.3, -0.25) is 0 Å². The van der Waals surface area contributed by atoms with Crippen molar-refractivity contribution in [1.29, 1.82) is 0 Å². The lowest BCUT2D eigenvalue weighted by atomic mass is 10.2. The number of urea groups is 1. The van der Waals surface area contributed by atoms with Crippen LogP contribution in [0.1, 0.15) is 15.2 Å². The van der Waals surface area contributed by atoms with Crippen molar-refractivity contribution in [2.75, 3.05) is 12.4 Å². The molecular weight excluding hydrogens is 295 g/mol. The van der Waals surface area contributed by atoms with Crippen molar-refractivity contribution < 1.29 is 18.7 Å². The molecule has 7 heteroatoms. The Morgan fingerprint density at radius 2 is 1.95 bits per heavy atom. The van der Waals surface area contributed by atoms with E-state index in [1.807, 2.05) is 0 Å². The van der Waals surface area contributed by atoms with Gasteiger partial charge < -0.3 is 15.4 Å². The lowest BCUT2D eigenvalue weighted by molar-refractivity contribution is 0.0607. The van der Waals surface area contributed by atoms with Crippen LogP contribution in [0.5, 0.6) is 0 Å². The minimum Gasteiger partial charge on any atom is -0.465 e. The lowest BCUT2D eigenvalue weighted by Gasteiger charge is -2.08. The molecule has 1 aromatic carbocycles. The van der Waals surface area contributed by atoms with E-state index in [0.717, 1.165) is 5.56 Å². The summed E-state index contributed by atoms with van der Waals surface area (Å²) in [7, 11) is 1.28. The van der Waals surface area contributed by atoms with E-state index in [9.17, 15) is 14.0 Å². The number of nitrogens with one attached hydrogen (secondary N) is 2. The maximum absolute atomic E-state index is 12.7. The Balaban J connectivity index is 1.92. The standard InChI is InChI=1S/C14H13FN2O3S/c1-20-13(18)12-11(6-7-21-12)17-14(19)16-8-9-2-4-10(15)5-3-9/h2-7H,8H2,1H3,(H2,16,17,19). The second-order valence-corrected chi connectivity index (χ2v) is 5.01. The van der Waals surface area contributed by atoms with Gasteiger partial charge in [0.05, 0.1) is 12.8 Å². The molecule has 0 saturated carbocycles. The molecule has 2 rings (SSSR count). The van der Waals surface area contributed by atoms with Gasteiger partial charge in [-0.05, 0) is 29.1 Å². The molecule has 110 valence electrons. The van der Waals surface area contributed by atoms with Crippen LogP contribution >= 0.6 is 11.3 Å². The number of amides is 2. The zero-order chi connectivity index (χ0) is 15.2. The number of hydrogen-bond acceptors (Lipinski definition) is 4. The van der Waals surface area contributed by atoms with E-state index >= 15 is 0 Å². The summed E-state index contributed by atoms with van der Waals surface area (Å²) in [4.78, 5) is 23.6. The normalized spacial score (nSPS) is 10.0. The lowest BCUT2D eigenvalue weighted by Crippen LogP contribution is -2.28. The predicted molar refractivity (Wildman–Crippen MR) is 77.9 cm³/mol. The first-order valence-corrected chi connectivity index (χ1v) is 6.93. The van der Waals surface area contributed by atoms with Crippen LogP contribution in [0, 0.1) is 5.82 Å². The highest BCUT2D eigenvalue weighted by molar-refractivity contribution is 7.12. The fraction of sp³-hybridized carbons (Fsp3) is 0.143. The fourth-order valence-corrected chi connectivity index (χ4v) is 2.38. The van der Waals surface area contributed by atoms with Crippen LogP contribution in [0.25, 0.3) is 0 Å². The van der Waals surface area contributed by atoms with Gasteiger partial charge in [0.15, 0.2) is 0 Å². The monoisotopic (exact) mass is 308 g/mol. The third kappa shape index (κ3) is 4.03. The van der Waals surface area contributed by atoms with Crippen LogP contribution in [-0.2, 0) is 11.3 Å². The summed E-state index contributed by atoms with van der Waals surface area (Å²) in [5, 5.41) is 6.88. The summed E-state index contributed by atoms with van der Waals surface area (Å²) in [5.41, 5.74) is 1.16. The van der Waals surface area contributed by atoms with E-state index in [1.54, 1.807) is 23.6 Å². The summed E-state index contributed by atoms with van der Waals surface area (Å²) in [5.74, 6) is -0.831. The Labute approximate surface area is 124 Å². The zero-order valence-electron chi connectivity index (χ0n) is 11.2. The highest BCUT2D eigenvalue weighted by atomic mass is 32.1. The minimum atomic E-state index is -0.501. The van der Waals surface area contributed by atoms with Gasteiger partial charge in [-0.1, -0.05) is 12.1 Å². The number of halogens is 1. The largest absolute Gasteiger partial charge is 0.465 e. The molecule has 0 saturated heterocycles. The van der Waals surface area contributed by atoms with Crippen molar-refractivity contribution in [1.82, 2.24) is 5.32 Å². The van der Waals surface area contributed by atoms with E-state index in [1.165, 1.54) is 30.6 Å². The average Bonchev–Trinajstić information content (AvgIpc) is 2.94. The third-order valence-electron chi connectivity index (χ3n) is 2.65. The fourth-order valence-electron chi connectivity index (χ4n) is 1.61.